The van der Waals surface area contributed by atoms with Gasteiger partial charge < -0.3 is 0 Å². The average Bonchev–Trinajstić information content (AvgIpc) is 1.79. The van der Waals surface area contributed by atoms with Crippen molar-refractivity contribution in [2.24, 2.45) is 0 Å². The molecule has 0 saturated heterocycles. The van der Waals surface area contributed by atoms with E-state index in [4.69, 9.17) is 0 Å². The van der Waals surface area contributed by atoms with E-state index in [2.05, 4.69) is 0 Å². The van der Waals surface area contributed by atoms with Crippen molar-refractivity contribution in [1.29, 1.82) is 0 Å². The first kappa shape index (κ1) is 12.2. The molecule has 0 nitrogen and oxygen atoms in total. The van der Waals surface area contributed by atoms with E-state index in [-0.39, 0.29) is 6.92 Å². The van der Waals surface area contributed by atoms with Crippen molar-refractivity contribution in [2.45, 2.75) is 24.9 Å². The Balaban J connectivity index is 4.62. The zero-order chi connectivity index (χ0) is 10.9. The van der Waals surface area contributed by atoms with Crippen molar-refractivity contribution in [3.05, 3.63) is 12.2 Å². The molecule has 1 unspecified atom stereocenters. The van der Waals surface area contributed by atoms with E-state index in [1.165, 1.54) is 0 Å². The van der Waals surface area contributed by atoms with Crippen LogP contribution in [-0.2, 0) is 0 Å². The van der Waals surface area contributed by atoms with Gasteiger partial charge >= 0.3 is 12.4 Å². The molecule has 0 spiro atoms. The van der Waals surface area contributed by atoms with Crippen LogP contribution in [0.25, 0.3) is 0 Å². The molecule has 78 valence electrons. The quantitative estimate of drug-likeness (QED) is 0.459. The van der Waals surface area contributed by atoms with Gasteiger partial charge in [0.05, 0.1) is 0 Å². The van der Waals surface area contributed by atoms with Crippen molar-refractivity contribution in [1.82, 2.24) is 0 Å². The molecule has 0 amide bonds. The standard InChI is InChI=1S/C6H5F7/c1-4(7,6(11,12)13)2-3-5(8,9)10/h2-3H,1H3. The van der Waals surface area contributed by atoms with Gasteiger partial charge in [-0.1, -0.05) is 0 Å². The van der Waals surface area contributed by atoms with Gasteiger partial charge in [0.2, 0.25) is 5.67 Å². The van der Waals surface area contributed by atoms with Gasteiger partial charge in [-0.25, -0.2) is 4.39 Å². The number of allylic oxidation sites excluding steroid dienone is 2. The zero-order valence-corrected chi connectivity index (χ0v) is 6.30. The Morgan fingerprint density at radius 1 is 0.769 bits per heavy atom. The number of rotatable bonds is 1. The Bertz CT molecular complexity index is 194. The number of halogens is 7. The largest absolute Gasteiger partial charge is 0.425 e. The molecule has 0 rings (SSSR count). The Kier molecular flexibility index (Phi) is 3.01. The van der Waals surface area contributed by atoms with E-state index in [1.54, 1.807) is 0 Å². The molecule has 0 aliphatic rings. The van der Waals surface area contributed by atoms with E-state index in [0.717, 1.165) is 0 Å². The lowest BCUT2D eigenvalue weighted by Crippen LogP contribution is -2.35. The summed E-state index contributed by atoms with van der Waals surface area (Å²) in [6, 6.07) is 0. The Labute approximate surface area is 69.0 Å². The third-order valence-corrected chi connectivity index (χ3v) is 1.14. The van der Waals surface area contributed by atoms with Gasteiger partial charge in [0, 0.05) is 6.08 Å². The number of hydrogen-bond donors (Lipinski definition) is 0. The Hall–Kier alpha value is -0.750. The monoisotopic (exact) mass is 210 g/mol. The first-order valence-corrected chi connectivity index (χ1v) is 2.98. The summed E-state index contributed by atoms with van der Waals surface area (Å²) in [5, 5.41) is 0. The normalized spacial score (nSPS) is 19.1. The summed E-state index contributed by atoms with van der Waals surface area (Å²) in [7, 11) is 0. The van der Waals surface area contributed by atoms with Crippen LogP contribution < -0.4 is 0 Å². The number of hydrogen-bond acceptors (Lipinski definition) is 0. The van der Waals surface area contributed by atoms with Gasteiger partial charge in [0.1, 0.15) is 0 Å². The summed E-state index contributed by atoms with van der Waals surface area (Å²) in [4.78, 5) is 0. The van der Waals surface area contributed by atoms with Crippen LogP contribution in [0.1, 0.15) is 6.92 Å². The fourth-order valence-corrected chi connectivity index (χ4v) is 0.345. The first-order valence-electron chi connectivity index (χ1n) is 2.98. The predicted octanol–water partition coefficient (Wildman–Crippen LogP) is 3.40. The highest BCUT2D eigenvalue weighted by Gasteiger charge is 2.50. The first-order chi connectivity index (χ1) is 5.46. The van der Waals surface area contributed by atoms with E-state index in [1.807, 2.05) is 0 Å². The minimum atomic E-state index is -5.34. The molecule has 0 fully saturated rings. The Morgan fingerprint density at radius 3 is 1.38 bits per heavy atom. The average molecular weight is 210 g/mol. The van der Waals surface area contributed by atoms with Gasteiger partial charge in [-0.05, 0) is 13.0 Å². The molecule has 0 N–H and O–H groups in total. The maximum atomic E-state index is 12.4. The third-order valence-electron chi connectivity index (χ3n) is 1.14. The summed E-state index contributed by atoms with van der Waals surface area (Å²) >= 11 is 0. The summed E-state index contributed by atoms with van der Waals surface area (Å²) in [5.74, 6) is 0. The van der Waals surface area contributed by atoms with E-state index in [9.17, 15) is 30.7 Å². The SMILES string of the molecule is CC(F)(C=CC(F)(F)F)C(F)(F)F. The van der Waals surface area contributed by atoms with Crippen molar-refractivity contribution < 1.29 is 30.7 Å². The van der Waals surface area contributed by atoms with Crippen LogP contribution in [0.5, 0.6) is 0 Å². The van der Waals surface area contributed by atoms with Crippen LogP contribution in [0, 0.1) is 0 Å². The predicted molar refractivity (Wildman–Crippen MR) is 30.8 cm³/mol. The minimum absolute atomic E-state index is 0.00917. The van der Waals surface area contributed by atoms with Gasteiger partial charge in [0.15, 0.2) is 0 Å². The maximum absolute atomic E-state index is 12.4. The van der Waals surface area contributed by atoms with E-state index >= 15 is 0 Å². The van der Waals surface area contributed by atoms with Crippen LogP contribution in [0.2, 0.25) is 0 Å². The lowest BCUT2D eigenvalue weighted by molar-refractivity contribution is -0.206. The van der Waals surface area contributed by atoms with Crippen molar-refractivity contribution in [2.75, 3.05) is 0 Å². The second kappa shape index (κ2) is 3.19. The lowest BCUT2D eigenvalue weighted by Gasteiger charge is -2.19. The summed E-state index contributed by atoms with van der Waals surface area (Å²) in [6.07, 6.45) is -11.6. The topological polar surface area (TPSA) is 0 Å². The van der Waals surface area contributed by atoms with E-state index in [0.29, 0.717) is 0 Å². The molecule has 0 bridgehead atoms. The van der Waals surface area contributed by atoms with Gasteiger partial charge in [-0.3, -0.25) is 0 Å². The molecule has 0 aliphatic heterocycles. The van der Waals surface area contributed by atoms with Crippen LogP contribution in [0.15, 0.2) is 12.2 Å². The minimum Gasteiger partial charge on any atom is -0.230 e. The van der Waals surface area contributed by atoms with Gasteiger partial charge in [-0.2, -0.15) is 26.3 Å². The van der Waals surface area contributed by atoms with Crippen molar-refractivity contribution in [3.63, 3.8) is 0 Å². The molecule has 7 heteroatoms. The van der Waals surface area contributed by atoms with Crippen LogP contribution in [0.4, 0.5) is 30.7 Å². The van der Waals surface area contributed by atoms with Crippen molar-refractivity contribution in [3.8, 4) is 0 Å². The molecule has 0 heterocycles. The highest BCUT2D eigenvalue weighted by atomic mass is 19.4. The maximum Gasteiger partial charge on any atom is 0.425 e. The highest BCUT2D eigenvalue weighted by molar-refractivity contribution is 5.05. The van der Waals surface area contributed by atoms with E-state index < -0.39 is 30.2 Å². The van der Waals surface area contributed by atoms with Crippen LogP contribution in [-0.4, -0.2) is 18.0 Å². The number of alkyl halides is 7. The molecule has 0 aromatic rings. The molecule has 1 atom stereocenters. The Morgan fingerprint density at radius 2 is 1.15 bits per heavy atom. The van der Waals surface area contributed by atoms with Crippen LogP contribution >= 0.6 is 0 Å². The second-order valence-electron chi connectivity index (χ2n) is 2.45. The summed E-state index contributed by atoms with van der Waals surface area (Å²) < 4.78 is 81.3. The van der Waals surface area contributed by atoms with Gasteiger partial charge in [-0.15, -0.1) is 0 Å². The molecule has 0 aliphatic carbocycles. The summed E-state index contributed by atoms with van der Waals surface area (Å²) in [6.45, 7) is 0.00917. The fourth-order valence-electron chi connectivity index (χ4n) is 0.345. The smallest absolute Gasteiger partial charge is 0.230 e. The molecule has 0 aromatic heterocycles. The summed E-state index contributed by atoms with van der Waals surface area (Å²) in [5.41, 5.74) is -3.96. The molecular formula is C6H5F7. The fraction of sp³-hybridized carbons (Fsp3) is 0.667. The molecule has 13 heavy (non-hydrogen) atoms. The highest BCUT2D eigenvalue weighted by Crippen LogP contribution is 2.35. The van der Waals surface area contributed by atoms with Gasteiger partial charge in [0.25, 0.3) is 0 Å². The molecule has 0 radical (unpaired) electrons. The van der Waals surface area contributed by atoms with Crippen LogP contribution in [0.3, 0.4) is 0 Å². The second-order valence-corrected chi connectivity index (χ2v) is 2.45. The van der Waals surface area contributed by atoms with Crippen molar-refractivity contribution >= 4 is 0 Å². The zero-order valence-electron chi connectivity index (χ0n) is 6.30. The third kappa shape index (κ3) is 4.14. The lowest BCUT2D eigenvalue weighted by atomic mass is 10.1. The molecule has 0 saturated carbocycles. The molecular weight excluding hydrogens is 205 g/mol. The molecule has 0 aromatic carbocycles.